The fraction of sp³-hybridized carbons (Fsp3) is 0.455. The van der Waals surface area contributed by atoms with Gasteiger partial charge in [0.15, 0.2) is 0 Å². The largest absolute Gasteiger partial charge is 0.463 e. The van der Waals surface area contributed by atoms with Crippen LogP contribution in [-0.4, -0.2) is 20.8 Å². The maximum atomic E-state index is 10.8. The Balaban J connectivity index is 2.25. The molecule has 1 aliphatic rings. The van der Waals surface area contributed by atoms with Crippen LogP contribution in [0.15, 0.2) is 24.3 Å². The molecule has 0 radical (unpaired) electrons. The Hall–Kier alpha value is -1.15. The van der Waals surface area contributed by atoms with Gasteiger partial charge in [-0.1, -0.05) is 18.2 Å². The summed E-state index contributed by atoms with van der Waals surface area (Å²) in [6.07, 6.45) is -0.539. The molecule has 0 bridgehead atoms. The van der Waals surface area contributed by atoms with E-state index in [4.69, 9.17) is 14.6 Å². The monoisotopic (exact) mass is 273 g/mol. The van der Waals surface area contributed by atoms with Crippen LogP contribution in [0.3, 0.4) is 0 Å². The van der Waals surface area contributed by atoms with Crippen LogP contribution < -0.4 is 9.88 Å². The van der Waals surface area contributed by atoms with E-state index in [2.05, 4.69) is 4.18 Å². The standard InChI is InChI=1S/C11H15NO5S/c1-11(2)16-9-6-4-3-5-8(9)10(17-11)7-15-18(12,13)14/h3-6,10H,7H2,1-2H3,(H2,12,13,14)/t10-/m0/s1. The van der Waals surface area contributed by atoms with Crippen molar-refractivity contribution >= 4 is 10.3 Å². The maximum absolute atomic E-state index is 10.8. The normalized spacial score (nSPS) is 22.1. The molecule has 0 unspecified atom stereocenters. The molecule has 1 atom stereocenters. The van der Waals surface area contributed by atoms with Crippen LogP contribution in [0.1, 0.15) is 25.5 Å². The Morgan fingerprint density at radius 1 is 1.39 bits per heavy atom. The fourth-order valence-electron chi connectivity index (χ4n) is 1.81. The third kappa shape index (κ3) is 3.20. The van der Waals surface area contributed by atoms with E-state index in [1.54, 1.807) is 26.0 Å². The van der Waals surface area contributed by atoms with Crippen LogP contribution in [0.25, 0.3) is 0 Å². The van der Waals surface area contributed by atoms with Gasteiger partial charge in [0, 0.05) is 19.4 Å². The summed E-state index contributed by atoms with van der Waals surface area (Å²) in [5.41, 5.74) is 0.737. The van der Waals surface area contributed by atoms with Gasteiger partial charge in [0.05, 0.1) is 6.61 Å². The summed E-state index contributed by atoms with van der Waals surface area (Å²) in [5, 5.41) is 4.80. The van der Waals surface area contributed by atoms with E-state index in [0.717, 1.165) is 5.56 Å². The molecule has 2 N–H and O–H groups in total. The van der Waals surface area contributed by atoms with Crippen LogP contribution in [-0.2, 0) is 19.2 Å². The van der Waals surface area contributed by atoms with Gasteiger partial charge < -0.3 is 9.47 Å². The second-order valence-corrected chi connectivity index (χ2v) is 5.64. The average molecular weight is 273 g/mol. The highest BCUT2D eigenvalue weighted by Crippen LogP contribution is 2.38. The molecule has 0 spiro atoms. The number of para-hydroxylation sites is 1. The van der Waals surface area contributed by atoms with E-state index in [9.17, 15) is 8.42 Å². The molecule has 1 heterocycles. The minimum Gasteiger partial charge on any atom is -0.463 e. The van der Waals surface area contributed by atoms with E-state index in [1.165, 1.54) is 0 Å². The molecular weight excluding hydrogens is 258 g/mol. The van der Waals surface area contributed by atoms with Gasteiger partial charge >= 0.3 is 10.3 Å². The Kier molecular flexibility index (Phi) is 3.33. The average Bonchev–Trinajstić information content (AvgIpc) is 2.23. The second kappa shape index (κ2) is 4.51. The zero-order valence-electron chi connectivity index (χ0n) is 10.1. The predicted molar refractivity (Wildman–Crippen MR) is 64.0 cm³/mol. The molecule has 0 aliphatic carbocycles. The number of rotatable bonds is 3. The first-order chi connectivity index (χ1) is 8.27. The Morgan fingerprint density at radius 3 is 2.72 bits per heavy atom. The van der Waals surface area contributed by atoms with Crippen LogP contribution in [0, 0.1) is 0 Å². The van der Waals surface area contributed by atoms with Gasteiger partial charge in [-0.05, 0) is 6.07 Å². The lowest BCUT2D eigenvalue weighted by molar-refractivity contribution is -0.212. The Bertz CT molecular complexity index is 540. The lowest BCUT2D eigenvalue weighted by atomic mass is 10.1. The van der Waals surface area contributed by atoms with Crippen LogP contribution in [0.2, 0.25) is 0 Å². The first-order valence-corrected chi connectivity index (χ1v) is 6.87. The van der Waals surface area contributed by atoms with Crippen molar-refractivity contribution in [2.24, 2.45) is 5.14 Å². The lowest BCUT2D eigenvalue weighted by Crippen LogP contribution is -2.39. The van der Waals surface area contributed by atoms with Gasteiger partial charge in [-0.25, -0.2) is 5.14 Å². The highest BCUT2D eigenvalue weighted by Gasteiger charge is 2.34. The van der Waals surface area contributed by atoms with Crippen molar-refractivity contribution in [1.29, 1.82) is 0 Å². The van der Waals surface area contributed by atoms with Gasteiger partial charge in [0.2, 0.25) is 5.79 Å². The highest BCUT2D eigenvalue weighted by molar-refractivity contribution is 7.84. The molecule has 1 aliphatic heterocycles. The molecular formula is C11H15NO5S. The molecule has 1 aromatic carbocycles. The zero-order valence-corrected chi connectivity index (χ0v) is 10.9. The quantitative estimate of drug-likeness (QED) is 0.890. The molecule has 0 amide bonds. The van der Waals surface area contributed by atoms with Crippen LogP contribution in [0.5, 0.6) is 5.75 Å². The minimum absolute atomic E-state index is 0.178. The van der Waals surface area contributed by atoms with Crippen molar-refractivity contribution in [3.63, 3.8) is 0 Å². The third-order valence-corrected chi connectivity index (χ3v) is 2.90. The summed E-state index contributed by atoms with van der Waals surface area (Å²) in [5.74, 6) is -0.197. The summed E-state index contributed by atoms with van der Waals surface area (Å²) in [6.45, 7) is 3.31. The number of hydrogen-bond acceptors (Lipinski definition) is 5. The van der Waals surface area contributed by atoms with Gasteiger partial charge in [-0.15, -0.1) is 0 Å². The second-order valence-electron chi connectivity index (χ2n) is 4.42. The molecule has 18 heavy (non-hydrogen) atoms. The molecule has 7 heteroatoms. The van der Waals surface area contributed by atoms with Crippen molar-refractivity contribution < 1.29 is 22.1 Å². The number of hydrogen-bond donors (Lipinski definition) is 1. The van der Waals surface area contributed by atoms with Gasteiger partial charge in [0.25, 0.3) is 0 Å². The van der Waals surface area contributed by atoms with Crippen molar-refractivity contribution in [1.82, 2.24) is 0 Å². The van der Waals surface area contributed by atoms with Crippen molar-refractivity contribution in [3.05, 3.63) is 29.8 Å². The van der Waals surface area contributed by atoms with Crippen molar-refractivity contribution in [2.75, 3.05) is 6.61 Å². The highest BCUT2D eigenvalue weighted by atomic mass is 32.2. The van der Waals surface area contributed by atoms with E-state index in [-0.39, 0.29) is 6.61 Å². The van der Waals surface area contributed by atoms with Gasteiger partial charge in [-0.2, -0.15) is 8.42 Å². The minimum atomic E-state index is -3.98. The SMILES string of the molecule is CC1(C)Oc2ccccc2[C@H](COS(N)(=O)=O)O1. The summed E-state index contributed by atoms with van der Waals surface area (Å²) in [6, 6.07) is 7.23. The van der Waals surface area contributed by atoms with E-state index >= 15 is 0 Å². The predicted octanol–water partition coefficient (Wildman–Crippen LogP) is 1.09. The molecule has 1 aromatic rings. The summed E-state index contributed by atoms with van der Waals surface area (Å²) >= 11 is 0. The van der Waals surface area contributed by atoms with Crippen molar-refractivity contribution in [3.8, 4) is 5.75 Å². The van der Waals surface area contributed by atoms with Crippen LogP contribution >= 0.6 is 0 Å². The molecule has 2 rings (SSSR count). The Labute approximate surface area is 106 Å². The first-order valence-electron chi connectivity index (χ1n) is 5.40. The zero-order chi connectivity index (χ0) is 13.4. The maximum Gasteiger partial charge on any atom is 0.333 e. The topological polar surface area (TPSA) is 87.9 Å². The molecule has 0 aromatic heterocycles. The number of ether oxygens (including phenoxy) is 2. The summed E-state index contributed by atoms with van der Waals surface area (Å²) < 4.78 is 37.5. The lowest BCUT2D eigenvalue weighted by Gasteiger charge is -2.37. The summed E-state index contributed by atoms with van der Waals surface area (Å²) in [4.78, 5) is 0. The van der Waals surface area contributed by atoms with E-state index < -0.39 is 22.2 Å². The number of nitrogens with two attached hydrogens (primary N) is 1. The molecule has 0 saturated carbocycles. The Morgan fingerprint density at radius 2 is 2.06 bits per heavy atom. The summed E-state index contributed by atoms with van der Waals surface area (Å²) in [7, 11) is -3.98. The fourth-order valence-corrected chi connectivity index (χ4v) is 2.13. The molecule has 0 saturated heterocycles. The number of benzene rings is 1. The van der Waals surface area contributed by atoms with Crippen LogP contribution in [0.4, 0.5) is 0 Å². The smallest absolute Gasteiger partial charge is 0.333 e. The molecule has 0 fully saturated rings. The van der Waals surface area contributed by atoms with E-state index in [1.807, 2.05) is 12.1 Å². The molecule has 100 valence electrons. The van der Waals surface area contributed by atoms with Gasteiger partial charge in [-0.3, -0.25) is 4.18 Å². The number of fused-ring (bicyclic) bond motifs is 1. The van der Waals surface area contributed by atoms with Crippen molar-refractivity contribution in [2.45, 2.75) is 25.7 Å². The van der Waals surface area contributed by atoms with Gasteiger partial charge in [0.1, 0.15) is 11.9 Å². The molecule has 6 nitrogen and oxygen atoms in total. The van der Waals surface area contributed by atoms with E-state index in [0.29, 0.717) is 5.75 Å². The third-order valence-electron chi connectivity index (χ3n) is 2.43. The first kappa shape index (κ1) is 13.3.